The summed E-state index contributed by atoms with van der Waals surface area (Å²) in [6, 6.07) is 5.46. The topological polar surface area (TPSA) is 64.3 Å². The van der Waals surface area contributed by atoms with Crippen LogP contribution in [0.4, 0.5) is 10.5 Å². The normalized spacial score (nSPS) is 12.1. The number of ether oxygens (including phenoxy) is 1. The Morgan fingerprint density at radius 2 is 1.90 bits per heavy atom. The standard InChI is InChI=1S/C16H25ClN2O2/c1-15(2,3)21-14(20)19-12-7-6-11(13(17)8-12)9-16(4,5)10-18/h6-8H,9-10,18H2,1-5H3,(H,19,20). The van der Waals surface area contributed by atoms with E-state index in [1.54, 1.807) is 6.07 Å². The van der Waals surface area contributed by atoms with Gasteiger partial charge in [-0.15, -0.1) is 0 Å². The molecule has 0 heterocycles. The number of benzene rings is 1. The largest absolute Gasteiger partial charge is 0.444 e. The third-order valence-electron chi connectivity index (χ3n) is 2.92. The highest BCUT2D eigenvalue weighted by Gasteiger charge is 2.19. The molecule has 0 saturated carbocycles. The van der Waals surface area contributed by atoms with E-state index in [4.69, 9.17) is 22.1 Å². The fourth-order valence-corrected chi connectivity index (χ4v) is 2.02. The van der Waals surface area contributed by atoms with Gasteiger partial charge in [-0.1, -0.05) is 31.5 Å². The molecule has 0 unspecified atom stereocenters. The highest BCUT2D eigenvalue weighted by atomic mass is 35.5. The van der Waals surface area contributed by atoms with Gasteiger partial charge in [0.25, 0.3) is 0 Å². The molecule has 1 rings (SSSR count). The molecule has 0 aliphatic carbocycles. The Kier molecular flexibility index (Phi) is 5.65. The molecule has 21 heavy (non-hydrogen) atoms. The number of anilines is 1. The molecule has 0 saturated heterocycles. The van der Waals surface area contributed by atoms with E-state index >= 15 is 0 Å². The molecule has 1 aromatic carbocycles. The van der Waals surface area contributed by atoms with Gasteiger partial charge in [-0.25, -0.2) is 4.79 Å². The molecule has 1 aromatic rings. The van der Waals surface area contributed by atoms with Crippen LogP contribution in [0, 0.1) is 5.41 Å². The molecule has 0 aliphatic rings. The van der Waals surface area contributed by atoms with Crippen LogP contribution in [0.15, 0.2) is 18.2 Å². The van der Waals surface area contributed by atoms with Crippen LogP contribution in [-0.4, -0.2) is 18.2 Å². The van der Waals surface area contributed by atoms with Crippen molar-refractivity contribution in [2.24, 2.45) is 11.1 Å². The van der Waals surface area contributed by atoms with Gasteiger partial charge in [-0.3, -0.25) is 5.32 Å². The lowest BCUT2D eigenvalue weighted by molar-refractivity contribution is 0.0636. The Morgan fingerprint density at radius 3 is 2.38 bits per heavy atom. The first-order valence-corrected chi connectivity index (χ1v) is 7.39. The summed E-state index contributed by atoms with van der Waals surface area (Å²) in [5.41, 5.74) is 6.83. The van der Waals surface area contributed by atoms with Gasteiger partial charge in [0, 0.05) is 10.7 Å². The van der Waals surface area contributed by atoms with Crippen molar-refractivity contribution >= 4 is 23.4 Å². The van der Waals surface area contributed by atoms with E-state index < -0.39 is 11.7 Å². The summed E-state index contributed by atoms with van der Waals surface area (Å²) in [6.45, 7) is 10.2. The highest BCUT2D eigenvalue weighted by molar-refractivity contribution is 6.31. The first-order valence-electron chi connectivity index (χ1n) is 7.01. The number of nitrogens with one attached hydrogen (secondary N) is 1. The summed E-state index contributed by atoms with van der Waals surface area (Å²) in [6.07, 6.45) is 0.295. The number of rotatable bonds is 4. The van der Waals surface area contributed by atoms with Gasteiger partial charge in [0.2, 0.25) is 0 Å². The van der Waals surface area contributed by atoms with Gasteiger partial charge >= 0.3 is 6.09 Å². The van der Waals surface area contributed by atoms with Crippen molar-refractivity contribution in [3.05, 3.63) is 28.8 Å². The lowest BCUT2D eigenvalue weighted by atomic mass is 9.86. The number of nitrogens with two attached hydrogens (primary N) is 1. The number of hydrogen-bond acceptors (Lipinski definition) is 3. The average Bonchev–Trinajstić information content (AvgIpc) is 2.30. The summed E-state index contributed by atoms with van der Waals surface area (Å²) in [5.74, 6) is 0. The van der Waals surface area contributed by atoms with Crippen LogP contribution in [0.25, 0.3) is 0 Å². The first kappa shape index (κ1) is 17.8. The van der Waals surface area contributed by atoms with Gasteiger partial charge < -0.3 is 10.5 Å². The zero-order valence-electron chi connectivity index (χ0n) is 13.4. The summed E-state index contributed by atoms with van der Waals surface area (Å²) in [5, 5.41) is 3.29. The molecule has 0 aliphatic heterocycles. The van der Waals surface area contributed by atoms with Crippen LogP contribution in [0.2, 0.25) is 5.02 Å². The Balaban J connectivity index is 2.77. The Bertz CT molecular complexity index is 507. The average molecular weight is 313 g/mol. The number of halogens is 1. The van der Waals surface area contributed by atoms with Crippen LogP contribution in [-0.2, 0) is 11.2 Å². The van der Waals surface area contributed by atoms with E-state index in [9.17, 15) is 4.79 Å². The second-order valence-corrected chi connectivity index (χ2v) is 7.39. The van der Waals surface area contributed by atoms with Gasteiger partial charge in [0.1, 0.15) is 5.60 Å². The maximum absolute atomic E-state index is 11.7. The van der Waals surface area contributed by atoms with Crippen molar-refractivity contribution in [3.8, 4) is 0 Å². The third kappa shape index (κ3) is 6.36. The van der Waals surface area contributed by atoms with Gasteiger partial charge in [-0.2, -0.15) is 0 Å². The number of hydrogen-bond donors (Lipinski definition) is 2. The molecule has 0 atom stereocenters. The highest BCUT2D eigenvalue weighted by Crippen LogP contribution is 2.28. The molecule has 1 amide bonds. The second kappa shape index (κ2) is 6.67. The lowest BCUT2D eigenvalue weighted by Gasteiger charge is -2.23. The van der Waals surface area contributed by atoms with Crippen LogP contribution in [0.1, 0.15) is 40.2 Å². The van der Waals surface area contributed by atoms with Crippen molar-refractivity contribution in [3.63, 3.8) is 0 Å². The van der Waals surface area contributed by atoms with E-state index in [1.165, 1.54) is 0 Å². The maximum atomic E-state index is 11.7. The predicted octanol–water partition coefficient (Wildman–Crippen LogP) is 4.21. The van der Waals surface area contributed by atoms with Crippen molar-refractivity contribution < 1.29 is 9.53 Å². The van der Waals surface area contributed by atoms with Crippen molar-refractivity contribution in [2.45, 2.75) is 46.6 Å². The summed E-state index contributed by atoms with van der Waals surface area (Å²) < 4.78 is 5.20. The summed E-state index contributed by atoms with van der Waals surface area (Å²) >= 11 is 6.28. The molecule has 118 valence electrons. The number of carbonyl (C=O) groups excluding carboxylic acids is 1. The molecule has 3 N–H and O–H groups in total. The second-order valence-electron chi connectivity index (χ2n) is 6.98. The predicted molar refractivity (Wildman–Crippen MR) is 87.8 cm³/mol. The van der Waals surface area contributed by atoms with E-state index in [0.29, 0.717) is 17.3 Å². The molecule has 0 bridgehead atoms. The van der Waals surface area contributed by atoms with E-state index in [2.05, 4.69) is 19.2 Å². The van der Waals surface area contributed by atoms with E-state index in [1.807, 2.05) is 32.9 Å². The molecule has 4 nitrogen and oxygen atoms in total. The van der Waals surface area contributed by atoms with Crippen molar-refractivity contribution in [1.29, 1.82) is 0 Å². The SMILES string of the molecule is CC(C)(CN)Cc1ccc(NC(=O)OC(C)(C)C)cc1Cl. The number of amides is 1. The smallest absolute Gasteiger partial charge is 0.412 e. The van der Waals surface area contributed by atoms with Crippen LogP contribution in [0.5, 0.6) is 0 Å². The first-order chi connectivity index (χ1) is 9.52. The van der Waals surface area contributed by atoms with Gasteiger partial charge in [-0.05, 0) is 56.8 Å². The quantitative estimate of drug-likeness (QED) is 0.875. The van der Waals surface area contributed by atoms with Crippen LogP contribution in [0.3, 0.4) is 0 Å². The van der Waals surface area contributed by atoms with Crippen molar-refractivity contribution in [1.82, 2.24) is 0 Å². The van der Waals surface area contributed by atoms with Crippen molar-refractivity contribution in [2.75, 3.05) is 11.9 Å². The van der Waals surface area contributed by atoms with Crippen LogP contribution >= 0.6 is 11.6 Å². The summed E-state index contributed by atoms with van der Waals surface area (Å²) in [4.78, 5) is 11.7. The zero-order chi connectivity index (χ0) is 16.3. The number of carbonyl (C=O) groups is 1. The monoisotopic (exact) mass is 312 g/mol. The molecular weight excluding hydrogens is 288 g/mol. The minimum atomic E-state index is -0.529. The molecule has 0 aromatic heterocycles. The molecule has 0 radical (unpaired) electrons. The zero-order valence-corrected chi connectivity index (χ0v) is 14.2. The maximum Gasteiger partial charge on any atom is 0.412 e. The third-order valence-corrected chi connectivity index (χ3v) is 3.27. The fraction of sp³-hybridized carbons (Fsp3) is 0.562. The minimum Gasteiger partial charge on any atom is -0.444 e. The van der Waals surface area contributed by atoms with E-state index in [-0.39, 0.29) is 5.41 Å². The molecule has 0 fully saturated rings. The van der Waals surface area contributed by atoms with Gasteiger partial charge in [0.15, 0.2) is 0 Å². The molecule has 5 heteroatoms. The lowest BCUT2D eigenvalue weighted by Crippen LogP contribution is -2.27. The Hall–Kier alpha value is -1.26. The van der Waals surface area contributed by atoms with E-state index in [0.717, 1.165) is 12.0 Å². The fourth-order valence-electron chi connectivity index (χ4n) is 1.78. The van der Waals surface area contributed by atoms with Gasteiger partial charge in [0.05, 0.1) is 0 Å². The Labute approximate surface area is 132 Å². The summed E-state index contributed by atoms with van der Waals surface area (Å²) in [7, 11) is 0. The molecule has 0 spiro atoms. The molecular formula is C16H25ClN2O2. The van der Waals surface area contributed by atoms with Crippen LogP contribution < -0.4 is 11.1 Å². The minimum absolute atomic E-state index is 0.0102. The Morgan fingerprint density at radius 1 is 1.29 bits per heavy atom.